The summed E-state index contributed by atoms with van der Waals surface area (Å²) in [4.78, 5) is 48.4. The number of aromatic hydroxyl groups is 2. The summed E-state index contributed by atoms with van der Waals surface area (Å²) in [6, 6.07) is 9.78. The van der Waals surface area contributed by atoms with Crippen molar-refractivity contribution >= 4 is 56.9 Å². The number of rotatable bonds is 6. The van der Waals surface area contributed by atoms with E-state index in [-0.39, 0.29) is 33.0 Å². The number of pyridine rings is 2. The Morgan fingerprint density at radius 2 is 1.27 bits per heavy atom. The minimum absolute atomic E-state index is 0.207. The summed E-state index contributed by atoms with van der Waals surface area (Å²) in [7, 11) is 3.02. The van der Waals surface area contributed by atoms with Crippen LogP contribution in [0.15, 0.2) is 46.0 Å². The van der Waals surface area contributed by atoms with Gasteiger partial charge in [0.25, 0.3) is 11.1 Å². The average molecular weight is 605 g/mol. The number of aryl methyl sites for hydroxylation is 2. The molecule has 0 radical (unpaired) electrons. The summed E-state index contributed by atoms with van der Waals surface area (Å²) < 4.78 is 12.5. The van der Waals surface area contributed by atoms with Crippen LogP contribution >= 0.6 is 23.2 Å². The molecule has 2 heterocycles. The number of fused-ring (bicyclic) bond motifs is 2. The highest BCUT2D eigenvalue weighted by Gasteiger charge is 2.25. The minimum Gasteiger partial charge on any atom is -0.506 e. The minimum atomic E-state index is -0.861. The number of nitrogens with zero attached hydrogens (tertiary/aromatic N) is 2. The number of benzene rings is 2. The van der Waals surface area contributed by atoms with Gasteiger partial charge in [-0.25, -0.2) is 9.59 Å². The molecule has 0 aliphatic rings. The van der Waals surface area contributed by atoms with E-state index in [0.717, 1.165) is 6.42 Å². The molecule has 0 amide bonds. The van der Waals surface area contributed by atoms with Gasteiger partial charge >= 0.3 is 11.9 Å². The molecule has 4 aromatic rings. The van der Waals surface area contributed by atoms with Crippen LogP contribution in [0.25, 0.3) is 21.8 Å². The lowest BCUT2D eigenvalue weighted by Gasteiger charge is -2.13. The second-order valence-corrected chi connectivity index (χ2v) is 10.2. The fourth-order valence-corrected chi connectivity index (χ4v) is 4.60. The van der Waals surface area contributed by atoms with Crippen LogP contribution < -0.4 is 11.1 Å². The van der Waals surface area contributed by atoms with Crippen LogP contribution in [0.3, 0.4) is 0 Å². The van der Waals surface area contributed by atoms with Gasteiger partial charge in [-0.2, -0.15) is 0 Å². The predicted octanol–water partition coefficient (Wildman–Crippen LogP) is 5.32. The first-order valence-corrected chi connectivity index (χ1v) is 13.5. The highest BCUT2D eigenvalue weighted by atomic mass is 35.5. The Labute approximate surface area is 245 Å². The van der Waals surface area contributed by atoms with Crippen LogP contribution in [-0.2, 0) is 23.6 Å². The fraction of sp³-hybridized carbons (Fsp3) is 0.310. The summed E-state index contributed by atoms with van der Waals surface area (Å²) in [5, 5.41) is 21.5. The Balaban J connectivity index is 0.000000226. The molecule has 218 valence electrons. The molecule has 0 aliphatic heterocycles. The van der Waals surface area contributed by atoms with Gasteiger partial charge in [0.2, 0.25) is 0 Å². The molecular formula is C29H30Cl2N2O8. The monoisotopic (exact) mass is 604 g/mol. The van der Waals surface area contributed by atoms with Crippen LogP contribution in [0, 0.1) is 0 Å². The lowest BCUT2D eigenvalue weighted by molar-refractivity contribution is 0.0371. The maximum absolute atomic E-state index is 12.2. The molecule has 2 aromatic carbocycles. The molecule has 0 saturated heterocycles. The molecule has 0 aliphatic carbocycles. The van der Waals surface area contributed by atoms with Gasteiger partial charge in [-0.3, -0.25) is 9.59 Å². The normalized spacial score (nSPS) is 10.9. The number of ether oxygens (including phenoxy) is 2. The molecule has 41 heavy (non-hydrogen) atoms. The van der Waals surface area contributed by atoms with Crippen molar-refractivity contribution in [3.05, 3.63) is 78.3 Å². The second kappa shape index (κ2) is 13.1. The van der Waals surface area contributed by atoms with Crippen molar-refractivity contribution in [1.29, 1.82) is 0 Å². The predicted molar refractivity (Wildman–Crippen MR) is 157 cm³/mol. The standard InChI is InChI=1S/C15H16ClNO4.C14H14ClNO4/c1-3-4-8-21-15(20)12-13(18)11-9(16)6-5-7-10(11)17(2)14(12)19;1-7(2)20-14(19)11-12(17)10-8(15)5-4-6-9(10)16(3)13(11)18/h5-7,18H,3-4,8H2,1-2H3;4-7,17H,1-3H3. The Morgan fingerprint density at radius 3 is 1.68 bits per heavy atom. The van der Waals surface area contributed by atoms with Crippen molar-refractivity contribution in [2.45, 2.75) is 39.7 Å². The van der Waals surface area contributed by atoms with Gasteiger partial charge in [-0.15, -0.1) is 0 Å². The molecular weight excluding hydrogens is 575 g/mol. The third-order valence-electron chi connectivity index (χ3n) is 6.17. The van der Waals surface area contributed by atoms with Crippen molar-refractivity contribution in [2.24, 2.45) is 14.1 Å². The van der Waals surface area contributed by atoms with E-state index in [4.69, 9.17) is 32.7 Å². The molecule has 12 heteroatoms. The van der Waals surface area contributed by atoms with Gasteiger partial charge in [0.15, 0.2) is 11.1 Å². The fourth-order valence-electron chi connectivity index (χ4n) is 4.08. The Kier molecular flexibility index (Phi) is 10.1. The lowest BCUT2D eigenvalue weighted by Crippen LogP contribution is -2.27. The van der Waals surface area contributed by atoms with Gasteiger partial charge in [0.05, 0.1) is 44.6 Å². The number of aromatic nitrogens is 2. The average Bonchev–Trinajstić information content (AvgIpc) is 2.90. The summed E-state index contributed by atoms with van der Waals surface area (Å²) >= 11 is 12.1. The Bertz CT molecular complexity index is 1760. The lowest BCUT2D eigenvalue weighted by atomic mass is 10.1. The summed E-state index contributed by atoms with van der Waals surface area (Å²) in [5.41, 5.74) is -1.11. The van der Waals surface area contributed by atoms with Gasteiger partial charge < -0.3 is 28.8 Å². The first kappa shape index (κ1) is 31.5. The first-order valence-electron chi connectivity index (χ1n) is 12.7. The zero-order valence-corrected chi connectivity index (χ0v) is 24.7. The van der Waals surface area contributed by atoms with E-state index in [1.54, 1.807) is 50.2 Å². The summed E-state index contributed by atoms with van der Waals surface area (Å²) in [6.07, 6.45) is 1.16. The molecule has 2 N–H and O–H groups in total. The van der Waals surface area contributed by atoms with Crippen molar-refractivity contribution in [3.8, 4) is 11.5 Å². The SMILES string of the molecule is CC(C)OC(=O)c1c(O)c2c(Cl)cccc2n(C)c1=O.CCCCOC(=O)c1c(O)c2c(Cl)cccc2n(C)c1=O. The van der Waals surface area contributed by atoms with Crippen molar-refractivity contribution in [2.75, 3.05) is 6.61 Å². The summed E-state index contributed by atoms with van der Waals surface area (Å²) in [6.45, 7) is 5.49. The van der Waals surface area contributed by atoms with E-state index in [1.165, 1.54) is 23.2 Å². The molecule has 4 rings (SSSR count). The van der Waals surface area contributed by atoms with Gasteiger partial charge in [0, 0.05) is 14.1 Å². The molecule has 2 aromatic heterocycles. The summed E-state index contributed by atoms with van der Waals surface area (Å²) in [5.74, 6) is -2.57. The third-order valence-corrected chi connectivity index (χ3v) is 6.80. The molecule has 0 spiro atoms. The molecule has 0 bridgehead atoms. The van der Waals surface area contributed by atoms with E-state index in [9.17, 15) is 29.4 Å². The quantitative estimate of drug-likeness (QED) is 0.223. The zero-order valence-electron chi connectivity index (χ0n) is 23.2. The number of halogens is 2. The van der Waals surface area contributed by atoms with E-state index in [1.807, 2.05) is 6.92 Å². The van der Waals surface area contributed by atoms with Gasteiger partial charge in [0.1, 0.15) is 11.5 Å². The highest BCUT2D eigenvalue weighted by Crippen LogP contribution is 2.33. The van der Waals surface area contributed by atoms with Crippen LogP contribution in [-0.4, -0.2) is 44.0 Å². The largest absolute Gasteiger partial charge is 0.506 e. The van der Waals surface area contributed by atoms with E-state index in [2.05, 4.69) is 0 Å². The van der Waals surface area contributed by atoms with Gasteiger partial charge in [-0.05, 0) is 44.5 Å². The molecule has 0 fully saturated rings. The van der Waals surface area contributed by atoms with E-state index < -0.39 is 46.2 Å². The topological polar surface area (TPSA) is 137 Å². The van der Waals surface area contributed by atoms with Crippen LogP contribution in [0.4, 0.5) is 0 Å². The zero-order chi connectivity index (χ0) is 30.6. The molecule has 10 nitrogen and oxygen atoms in total. The Hall–Kier alpha value is -4.02. The van der Waals surface area contributed by atoms with E-state index >= 15 is 0 Å². The highest BCUT2D eigenvalue weighted by molar-refractivity contribution is 6.36. The molecule has 0 atom stereocenters. The first-order chi connectivity index (χ1) is 19.3. The number of hydrogen-bond donors (Lipinski definition) is 2. The number of carbonyl (C=O) groups excluding carboxylic acids is 2. The van der Waals surface area contributed by atoms with Crippen molar-refractivity contribution < 1.29 is 29.3 Å². The molecule has 0 saturated carbocycles. The van der Waals surface area contributed by atoms with Crippen LogP contribution in [0.1, 0.15) is 54.3 Å². The number of unbranched alkanes of at least 4 members (excludes halogenated alkanes) is 1. The van der Waals surface area contributed by atoms with E-state index in [0.29, 0.717) is 17.5 Å². The third kappa shape index (κ3) is 6.34. The number of hydrogen-bond acceptors (Lipinski definition) is 8. The number of carbonyl (C=O) groups is 2. The second-order valence-electron chi connectivity index (χ2n) is 9.39. The van der Waals surface area contributed by atoms with Crippen LogP contribution in [0.2, 0.25) is 10.0 Å². The maximum Gasteiger partial charge on any atom is 0.347 e. The van der Waals surface area contributed by atoms with Crippen LogP contribution in [0.5, 0.6) is 11.5 Å². The van der Waals surface area contributed by atoms with Crippen molar-refractivity contribution in [3.63, 3.8) is 0 Å². The maximum atomic E-state index is 12.2. The smallest absolute Gasteiger partial charge is 0.347 e. The van der Waals surface area contributed by atoms with Gasteiger partial charge in [-0.1, -0.05) is 48.7 Å². The molecule has 0 unspecified atom stereocenters. The van der Waals surface area contributed by atoms with Crippen molar-refractivity contribution in [1.82, 2.24) is 9.13 Å². The number of esters is 2. The Morgan fingerprint density at radius 1 is 0.829 bits per heavy atom.